The minimum absolute atomic E-state index is 0.246. The van der Waals surface area contributed by atoms with E-state index in [9.17, 15) is 14.4 Å². The summed E-state index contributed by atoms with van der Waals surface area (Å²) in [6.07, 6.45) is 0. The maximum absolute atomic E-state index is 12.3. The molecule has 1 aromatic carbocycles. The van der Waals surface area contributed by atoms with Crippen LogP contribution >= 0.6 is 15.9 Å². The Hall–Kier alpha value is -1.73. The van der Waals surface area contributed by atoms with Crippen molar-refractivity contribution in [3.05, 3.63) is 35.4 Å². The number of fused-ring (bicyclic) bond motifs is 1. The van der Waals surface area contributed by atoms with Gasteiger partial charge in [-0.25, -0.2) is 5.01 Å². The molecule has 2 amide bonds. The number of imide groups is 1. The minimum atomic E-state index is -0.596. The second kappa shape index (κ2) is 4.68. The van der Waals surface area contributed by atoms with Crippen LogP contribution in [0.1, 0.15) is 20.7 Å². The number of ether oxygens (including phenoxy) is 1. The molecule has 7 heteroatoms. The molecular formula is C13H11BrN2O4. The first kappa shape index (κ1) is 13.3. The largest absolute Gasteiger partial charge is 0.468 e. The number of hydrazine groups is 1. The molecule has 0 bridgehead atoms. The number of rotatable bonds is 3. The van der Waals surface area contributed by atoms with Crippen LogP contribution in [0.15, 0.2) is 24.3 Å². The molecule has 2 aliphatic heterocycles. The van der Waals surface area contributed by atoms with E-state index >= 15 is 0 Å². The lowest BCUT2D eigenvalue weighted by molar-refractivity contribution is -0.141. The Kier molecular flexibility index (Phi) is 3.10. The van der Waals surface area contributed by atoms with E-state index in [1.165, 1.54) is 12.1 Å². The van der Waals surface area contributed by atoms with Crippen molar-refractivity contribution in [3.8, 4) is 0 Å². The van der Waals surface area contributed by atoms with Crippen LogP contribution in [0.4, 0.5) is 0 Å². The van der Waals surface area contributed by atoms with Gasteiger partial charge in [-0.15, -0.1) is 0 Å². The van der Waals surface area contributed by atoms with Gasteiger partial charge in [-0.1, -0.05) is 28.1 Å². The van der Waals surface area contributed by atoms with E-state index in [1.54, 1.807) is 24.3 Å². The van der Waals surface area contributed by atoms with Gasteiger partial charge >= 0.3 is 5.97 Å². The van der Waals surface area contributed by atoms with Crippen molar-refractivity contribution in [2.45, 2.75) is 12.1 Å². The molecule has 0 spiro atoms. The van der Waals surface area contributed by atoms with Gasteiger partial charge in [0, 0.05) is 5.33 Å². The van der Waals surface area contributed by atoms with Gasteiger partial charge < -0.3 is 4.74 Å². The van der Waals surface area contributed by atoms with Crippen LogP contribution < -0.4 is 0 Å². The van der Waals surface area contributed by atoms with Gasteiger partial charge in [-0.05, 0) is 12.1 Å². The van der Waals surface area contributed by atoms with E-state index in [4.69, 9.17) is 4.74 Å². The fourth-order valence-electron chi connectivity index (χ4n) is 2.47. The first-order valence-electron chi connectivity index (χ1n) is 6.01. The van der Waals surface area contributed by atoms with Crippen LogP contribution in [0.3, 0.4) is 0 Å². The van der Waals surface area contributed by atoms with E-state index in [2.05, 4.69) is 15.9 Å². The van der Waals surface area contributed by atoms with Crippen LogP contribution in [0.5, 0.6) is 0 Å². The van der Waals surface area contributed by atoms with E-state index < -0.39 is 23.8 Å². The van der Waals surface area contributed by atoms with Crippen molar-refractivity contribution in [2.24, 2.45) is 0 Å². The average Bonchev–Trinajstić information content (AvgIpc) is 3.14. The molecule has 6 nitrogen and oxygen atoms in total. The highest BCUT2D eigenvalue weighted by Crippen LogP contribution is 2.37. The number of halogens is 1. The number of carbonyl (C=O) groups is 3. The molecule has 0 N–H and O–H groups in total. The Bertz CT molecular complexity index is 583. The van der Waals surface area contributed by atoms with Crippen LogP contribution in [0.2, 0.25) is 0 Å². The summed E-state index contributed by atoms with van der Waals surface area (Å²) in [7, 11) is 1.28. The second-order valence-corrected chi connectivity index (χ2v) is 5.18. The summed E-state index contributed by atoms with van der Waals surface area (Å²) in [6.45, 7) is 0. The number of amides is 2. The van der Waals surface area contributed by atoms with Crippen molar-refractivity contribution in [1.29, 1.82) is 0 Å². The zero-order chi connectivity index (χ0) is 14.4. The van der Waals surface area contributed by atoms with E-state index in [-0.39, 0.29) is 6.04 Å². The monoisotopic (exact) mass is 338 g/mol. The quantitative estimate of drug-likeness (QED) is 0.353. The molecule has 1 unspecified atom stereocenters. The molecule has 0 saturated carbocycles. The fraction of sp³-hybridized carbons (Fsp3) is 0.308. The summed E-state index contributed by atoms with van der Waals surface area (Å²) in [5, 5.41) is 2.98. The molecule has 1 fully saturated rings. The topological polar surface area (TPSA) is 66.7 Å². The summed E-state index contributed by atoms with van der Waals surface area (Å²) >= 11 is 3.28. The molecule has 3 rings (SSSR count). The van der Waals surface area contributed by atoms with Gasteiger partial charge in [0.2, 0.25) is 0 Å². The number of esters is 1. The van der Waals surface area contributed by atoms with Crippen LogP contribution in [0, 0.1) is 0 Å². The van der Waals surface area contributed by atoms with Crippen molar-refractivity contribution < 1.29 is 19.1 Å². The second-order valence-electron chi connectivity index (χ2n) is 4.54. The Morgan fingerprint density at radius 3 is 2.25 bits per heavy atom. The third-order valence-electron chi connectivity index (χ3n) is 3.50. The number of benzene rings is 1. The number of hydrogen-bond donors (Lipinski definition) is 0. The van der Waals surface area contributed by atoms with Crippen molar-refractivity contribution in [1.82, 2.24) is 10.0 Å². The predicted molar refractivity (Wildman–Crippen MR) is 72.2 cm³/mol. The summed E-state index contributed by atoms with van der Waals surface area (Å²) in [4.78, 5) is 36.3. The lowest BCUT2D eigenvalue weighted by Gasteiger charge is -2.15. The number of nitrogens with zero attached hydrogens (tertiary/aromatic N) is 2. The maximum Gasteiger partial charge on any atom is 0.326 e. The lowest BCUT2D eigenvalue weighted by Crippen LogP contribution is -2.38. The van der Waals surface area contributed by atoms with Gasteiger partial charge in [-0.2, -0.15) is 5.01 Å². The van der Waals surface area contributed by atoms with Gasteiger partial charge in [-0.3, -0.25) is 14.4 Å². The normalized spacial score (nSPS) is 27.5. The molecule has 2 heterocycles. The van der Waals surface area contributed by atoms with Gasteiger partial charge in [0.25, 0.3) is 11.8 Å². The number of alkyl halides is 1. The minimum Gasteiger partial charge on any atom is -0.468 e. The van der Waals surface area contributed by atoms with Crippen molar-refractivity contribution >= 4 is 33.7 Å². The highest BCUT2D eigenvalue weighted by Gasteiger charge is 2.60. The van der Waals surface area contributed by atoms with Gasteiger partial charge in [0.05, 0.1) is 24.3 Å². The Morgan fingerprint density at radius 1 is 1.25 bits per heavy atom. The molecule has 1 saturated heterocycles. The molecule has 0 aromatic heterocycles. The zero-order valence-corrected chi connectivity index (χ0v) is 12.2. The fourth-order valence-corrected chi connectivity index (χ4v) is 3.12. The van der Waals surface area contributed by atoms with Gasteiger partial charge in [0.15, 0.2) is 0 Å². The third-order valence-corrected chi connectivity index (χ3v) is 4.17. The van der Waals surface area contributed by atoms with Crippen LogP contribution in [-0.2, 0) is 9.53 Å². The standard InChI is InChI=1S/C13H11BrN2O4/c1-20-13(19)10-9(6-14)15(10)16-11(17)7-4-2-3-5-8(7)12(16)18/h2-5,9-10H,6H2,1H3/t9-,10+,15?/m0/s1. The third kappa shape index (κ3) is 1.70. The van der Waals surface area contributed by atoms with Gasteiger partial charge in [0.1, 0.15) is 6.04 Å². The summed E-state index contributed by atoms with van der Waals surface area (Å²) in [6, 6.07) is 5.78. The first-order valence-corrected chi connectivity index (χ1v) is 7.13. The number of hydrogen-bond acceptors (Lipinski definition) is 5. The summed E-state index contributed by atoms with van der Waals surface area (Å²) in [5.74, 6) is -1.25. The van der Waals surface area contributed by atoms with E-state index in [0.717, 1.165) is 5.01 Å². The average molecular weight is 339 g/mol. The van der Waals surface area contributed by atoms with Crippen LogP contribution in [-0.4, -0.2) is 52.3 Å². The summed E-state index contributed by atoms with van der Waals surface area (Å²) in [5.41, 5.74) is 0.725. The molecular weight excluding hydrogens is 328 g/mol. The Balaban J connectivity index is 1.92. The van der Waals surface area contributed by atoms with Crippen molar-refractivity contribution in [3.63, 3.8) is 0 Å². The smallest absolute Gasteiger partial charge is 0.326 e. The molecule has 0 aliphatic carbocycles. The molecule has 1 aromatic rings. The number of carbonyl (C=O) groups excluding carboxylic acids is 3. The first-order chi connectivity index (χ1) is 9.61. The highest BCUT2D eigenvalue weighted by molar-refractivity contribution is 9.09. The van der Waals surface area contributed by atoms with Crippen LogP contribution in [0.25, 0.3) is 0 Å². The number of methoxy groups -OCH3 is 1. The molecule has 20 heavy (non-hydrogen) atoms. The maximum atomic E-state index is 12.3. The molecule has 104 valence electrons. The Morgan fingerprint density at radius 2 is 1.80 bits per heavy atom. The van der Waals surface area contributed by atoms with E-state index in [0.29, 0.717) is 16.5 Å². The zero-order valence-electron chi connectivity index (χ0n) is 10.6. The predicted octanol–water partition coefficient (Wildman–Crippen LogP) is 0.818. The lowest BCUT2D eigenvalue weighted by atomic mass is 10.1. The SMILES string of the molecule is COC(=O)[C@H]1[C@H](CBr)N1N1C(=O)c2ccccc2C1=O. The molecule has 0 radical (unpaired) electrons. The Labute approximate surface area is 123 Å². The summed E-state index contributed by atoms with van der Waals surface area (Å²) < 4.78 is 4.69. The van der Waals surface area contributed by atoms with E-state index in [1.807, 2.05) is 0 Å². The highest BCUT2D eigenvalue weighted by atomic mass is 79.9. The molecule has 2 aliphatic rings. The molecule has 3 atom stereocenters. The van der Waals surface area contributed by atoms with Crippen molar-refractivity contribution in [2.75, 3.05) is 12.4 Å².